The largest absolute Gasteiger partial charge is 0.545 e. The van der Waals surface area contributed by atoms with Crippen LogP contribution in [-0.4, -0.2) is 15.7 Å². The summed E-state index contributed by atoms with van der Waals surface area (Å²) in [5.74, 6) is -1.22. The molecule has 0 fully saturated rings. The number of carbonyl (C=O) groups is 1. The van der Waals surface area contributed by atoms with E-state index in [1.54, 1.807) is 12.1 Å². The molecule has 0 unspecified atom stereocenters. The number of nitrogens with one attached hydrogen (secondary N) is 1. The van der Waals surface area contributed by atoms with Gasteiger partial charge < -0.3 is 9.90 Å². The van der Waals surface area contributed by atoms with Crippen molar-refractivity contribution in [2.24, 2.45) is 0 Å². The number of benzene rings is 1. The maximum Gasteiger partial charge on any atom is 0.274 e. The van der Waals surface area contributed by atoms with Crippen LogP contribution in [0.1, 0.15) is 34.5 Å². The maximum absolute atomic E-state index is 12.2. The van der Waals surface area contributed by atoms with E-state index >= 15 is 0 Å². The topological polar surface area (TPSA) is 77.9 Å². The zero-order valence-corrected chi connectivity index (χ0v) is 10.3. The first-order chi connectivity index (χ1) is 9.16. The van der Waals surface area contributed by atoms with E-state index in [1.165, 1.54) is 16.8 Å². The molecule has 1 aliphatic rings. The van der Waals surface area contributed by atoms with Gasteiger partial charge in [0, 0.05) is 11.3 Å². The maximum atomic E-state index is 12.2. The van der Waals surface area contributed by atoms with Crippen molar-refractivity contribution >= 4 is 5.97 Å². The van der Waals surface area contributed by atoms with Crippen molar-refractivity contribution < 1.29 is 9.90 Å². The van der Waals surface area contributed by atoms with Gasteiger partial charge >= 0.3 is 0 Å². The van der Waals surface area contributed by atoms with Crippen LogP contribution in [0.2, 0.25) is 0 Å². The van der Waals surface area contributed by atoms with Crippen LogP contribution >= 0.6 is 0 Å². The van der Waals surface area contributed by atoms with Gasteiger partial charge in [0.15, 0.2) is 0 Å². The molecular formula is C14H13N2O3-. The van der Waals surface area contributed by atoms with Crippen molar-refractivity contribution in [2.75, 3.05) is 0 Å². The van der Waals surface area contributed by atoms with Crippen molar-refractivity contribution in [1.29, 1.82) is 0 Å². The molecule has 0 saturated carbocycles. The molecule has 1 aromatic carbocycles. The van der Waals surface area contributed by atoms with E-state index in [4.69, 9.17) is 0 Å². The third kappa shape index (κ3) is 1.97. The van der Waals surface area contributed by atoms with E-state index in [0.29, 0.717) is 5.69 Å². The Morgan fingerprint density at radius 3 is 2.47 bits per heavy atom. The average Bonchev–Trinajstić information content (AvgIpc) is 2.77. The molecule has 1 aliphatic carbocycles. The molecule has 1 N–H and O–H groups in total. The molecule has 2 aromatic rings. The number of hydrogen-bond donors (Lipinski definition) is 1. The molecule has 0 bridgehead atoms. The summed E-state index contributed by atoms with van der Waals surface area (Å²) in [6.45, 7) is 0. The van der Waals surface area contributed by atoms with Gasteiger partial charge in [0.25, 0.3) is 5.56 Å². The zero-order valence-electron chi connectivity index (χ0n) is 10.3. The Morgan fingerprint density at radius 2 is 1.84 bits per heavy atom. The van der Waals surface area contributed by atoms with E-state index in [-0.39, 0.29) is 11.1 Å². The molecule has 5 nitrogen and oxygen atoms in total. The van der Waals surface area contributed by atoms with Gasteiger partial charge in [-0.3, -0.25) is 9.89 Å². The van der Waals surface area contributed by atoms with Gasteiger partial charge in [0.2, 0.25) is 0 Å². The number of rotatable bonds is 2. The van der Waals surface area contributed by atoms with Gasteiger partial charge in [-0.2, -0.15) is 0 Å². The third-order valence-electron chi connectivity index (χ3n) is 3.54. The number of carboxylic acids is 1. The first kappa shape index (κ1) is 11.8. The van der Waals surface area contributed by atoms with Gasteiger partial charge in [-0.15, -0.1) is 0 Å². The van der Waals surface area contributed by atoms with Gasteiger partial charge in [0.1, 0.15) is 0 Å². The lowest BCUT2D eigenvalue weighted by Gasteiger charge is -2.07. The second kappa shape index (κ2) is 4.42. The van der Waals surface area contributed by atoms with Gasteiger partial charge in [-0.1, -0.05) is 12.1 Å². The number of H-pyrrole nitrogens is 1. The van der Waals surface area contributed by atoms with Crippen molar-refractivity contribution in [2.45, 2.75) is 25.7 Å². The summed E-state index contributed by atoms with van der Waals surface area (Å²) in [4.78, 5) is 22.9. The van der Waals surface area contributed by atoms with Crippen LogP contribution < -0.4 is 10.7 Å². The summed E-state index contributed by atoms with van der Waals surface area (Å²) >= 11 is 0. The summed E-state index contributed by atoms with van der Waals surface area (Å²) < 4.78 is 1.48. The molecule has 5 heteroatoms. The highest BCUT2D eigenvalue weighted by Crippen LogP contribution is 2.17. The summed E-state index contributed by atoms with van der Waals surface area (Å²) in [5, 5.41) is 13.8. The SMILES string of the molecule is O=C([O-])c1ccc(-n2[nH]c3c(c2=O)CCCC3)cc1. The van der Waals surface area contributed by atoms with E-state index in [2.05, 4.69) is 5.10 Å². The number of aryl methyl sites for hydroxylation is 1. The molecular weight excluding hydrogens is 244 g/mol. The Hall–Kier alpha value is -2.30. The Kier molecular flexibility index (Phi) is 2.74. The average molecular weight is 257 g/mol. The lowest BCUT2D eigenvalue weighted by molar-refractivity contribution is -0.255. The number of aromatic amines is 1. The van der Waals surface area contributed by atoms with Crippen molar-refractivity contribution in [3.05, 3.63) is 51.4 Å². The highest BCUT2D eigenvalue weighted by molar-refractivity contribution is 5.85. The van der Waals surface area contributed by atoms with E-state index < -0.39 is 5.97 Å². The number of carbonyl (C=O) groups excluding carboxylic acids is 1. The van der Waals surface area contributed by atoms with Crippen LogP contribution in [0.3, 0.4) is 0 Å². The second-order valence-corrected chi connectivity index (χ2v) is 4.75. The fourth-order valence-electron chi connectivity index (χ4n) is 2.51. The normalized spacial score (nSPS) is 14.1. The molecule has 0 spiro atoms. The van der Waals surface area contributed by atoms with Crippen molar-refractivity contribution in [1.82, 2.24) is 9.78 Å². The highest BCUT2D eigenvalue weighted by atomic mass is 16.4. The standard InChI is InChI=1S/C14H14N2O3/c17-13-11-3-1-2-4-12(11)15-16(13)10-7-5-9(6-8-10)14(18)19/h5-8,15H,1-4H2,(H,18,19)/p-1. The summed E-state index contributed by atoms with van der Waals surface area (Å²) in [5.41, 5.74) is 2.57. The molecule has 19 heavy (non-hydrogen) atoms. The first-order valence-corrected chi connectivity index (χ1v) is 6.31. The zero-order chi connectivity index (χ0) is 13.4. The van der Waals surface area contributed by atoms with E-state index in [0.717, 1.165) is 36.9 Å². The molecule has 0 saturated heterocycles. The molecule has 1 aromatic heterocycles. The molecule has 1 heterocycles. The van der Waals surface area contributed by atoms with Gasteiger partial charge in [0.05, 0.1) is 11.7 Å². The second-order valence-electron chi connectivity index (χ2n) is 4.75. The fraction of sp³-hybridized carbons (Fsp3) is 0.286. The number of hydrogen-bond acceptors (Lipinski definition) is 3. The van der Waals surface area contributed by atoms with Gasteiger partial charge in [-0.05, 0) is 43.4 Å². The predicted molar refractivity (Wildman–Crippen MR) is 67.4 cm³/mol. The van der Waals surface area contributed by atoms with Crippen LogP contribution in [0, 0.1) is 0 Å². The lowest BCUT2D eigenvalue weighted by atomic mass is 9.98. The van der Waals surface area contributed by atoms with Crippen molar-refractivity contribution in [3.63, 3.8) is 0 Å². The van der Waals surface area contributed by atoms with Gasteiger partial charge in [-0.25, -0.2) is 4.68 Å². The van der Waals surface area contributed by atoms with Crippen LogP contribution in [0.25, 0.3) is 5.69 Å². The Bertz CT molecular complexity index is 680. The summed E-state index contributed by atoms with van der Waals surface area (Å²) in [6.07, 6.45) is 3.85. The fourth-order valence-corrected chi connectivity index (χ4v) is 2.51. The van der Waals surface area contributed by atoms with Crippen LogP contribution in [-0.2, 0) is 12.8 Å². The highest BCUT2D eigenvalue weighted by Gasteiger charge is 2.17. The smallest absolute Gasteiger partial charge is 0.274 e. The molecule has 0 radical (unpaired) electrons. The minimum Gasteiger partial charge on any atom is -0.545 e. The summed E-state index contributed by atoms with van der Waals surface area (Å²) in [7, 11) is 0. The quantitative estimate of drug-likeness (QED) is 0.846. The molecule has 0 atom stereocenters. The monoisotopic (exact) mass is 257 g/mol. The van der Waals surface area contributed by atoms with Crippen LogP contribution in [0.4, 0.5) is 0 Å². The van der Waals surface area contributed by atoms with E-state index in [1.807, 2.05) is 0 Å². The Balaban J connectivity index is 2.05. The predicted octanol–water partition coefficient (Wildman–Crippen LogP) is 0.408. The minimum atomic E-state index is -1.22. The van der Waals surface area contributed by atoms with Crippen molar-refractivity contribution in [3.8, 4) is 5.69 Å². The number of fused-ring (bicyclic) bond motifs is 1. The molecule has 0 amide bonds. The number of aromatic nitrogens is 2. The lowest BCUT2D eigenvalue weighted by Crippen LogP contribution is -2.22. The van der Waals surface area contributed by atoms with Crippen LogP contribution in [0.5, 0.6) is 0 Å². The third-order valence-corrected chi connectivity index (χ3v) is 3.54. The number of nitrogens with zero attached hydrogens (tertiary/aromatic N) is 1. The number of carboxylic acid groups (broad SMARTS) is 1. The van der Waals surface area contributed by atoms with E-state index in [9.17, 15) is 14.7 Å². The molecule has 0 aliphatic heterocycles. The van der Waals surface area contributed by atoms with Crippen LogP contribution in [0.15, 0.2) is 29.1 Å². The first-order valence-electron chi connectivity index (χ1n) is 6.31. The molecule has 98 valence electrons. The number of aromatic carboxylic acids is 1. The molecule has 3 rings (SSSR count). The Labute approximate surface area is 109 Å². The summed E-state index contributed by atoms with van der Waals surface area (Å²) in [6, 6.07) is 6.09. The minimum absolute atomic E-state index is 0.0316. The Morgan fingerprint density at radius 1 is 1.16 bits per heavy atom.